The standard InChI is InChI=1S/C14H12O2.2C2H6/c15-13(11-7-3-1-4-8-11)14(16)12-9-5-2-6-10-12;2*1-2/h1-10,13,15H;2*1-2H3. The van der Waals surface area contributed by atoms with Crippen LogP contribution < -0.4 is 0 Å². The first kappa shape index (κ1) is 18.1. The molecular weight excluding hydrogens is 248 g/mol. The van der Waals surface area contributed by atoms with Gasteiger partial charge in [0.25, 0.3) is 0 Å². The van der Waals surface area contributed by atoms with E-state index < -0.39 is 6.10 Å². The molecule has 1 N–H and O–H groups in total. The van der Waals surface area contributed by atoms with Crippen molar-refractivity contribution in [1.29, 1.82) is 0 Å². The van der Waals surface area contributed by atoms with Crippen LogP contribution in [0.3, 0.4) is 0 Å². The van der Waals surface area contributed by atoms with Gasteiger partial charge in [0.15, 0.2) is 5.78 Å². The molecule has 0 fully saturated rings. The van der Waals surface area contributed by atoms with Crippen LogP contribution in [0.25, 0.3) is 0 Å². The van der Waals surface area contributed by atoms with Gasteiger partial charge in [-0.05, 0) is 5.56 Å². The van der Waals surface area contributed by atoms with Gasteiger partial charge in [0.05, 0.1) is 0 Å². The number of Topliss-reactive ketones (excluding diaryl/α,β-unsaturated/α-hetero) is 1. The predicted octanol–water partition coefficient (Wildman–Crippen LogP) is 4.66. The second-order valence-electron chi connectivity index (χ2n) is 3.54. The largest absolute Gasteiger partial charge is 0.380 e. The Morgan fingerprint density at radius 3 is 1.65 bits per heavy atom. The van der Waals surface area contributed by atoms with Gasteiger partial charge in [0, 0.05) is 5.56 Å². The first-order valence-corrected chi connectivity index (χ1v) is 7.11. The van der Waals surface area contributed by atoms with Crippen molar-refractivity contribution in [3.8, 4) is 0 Å². The van der Waals surface area contributed by atoms with Crippen LogP contribution in [0.1, 0.15) is 49.7 Å². The molecule has 0 saturated carbocycles. The maximum absolute atomic E-state index is 11.9. The molecule has 0 aliphatic rings. The minimum Gasteiger partial charge on any atom is -0.380 e. The molecule has 2 aromatic rings. The number of hydrogen-bond acceptors (Lipinski definition) is 2. The lowest BCUT2D eigenvalue weighted by Crippen LogP contribution is -2.11. The Hall–Kier alpha value is -1.93. The summed E-state index contributed by atoms with van der Waals surface area (Å²) in [6.45, 7) is 8.00. The van der Waals surface area contributed by atoms with Gasteiger partial charge >= 0.3 is 0 Å². The quantitative estimate of drug-likeness (QED) is 0.825. The fourth-order valence-corrected chi connectivity index (χ4v) is 1.55. The first-order valence-electron chi connectivity index (χ1n) is 7.11. The summed E-state index contributed by atoms with van der Waals surface area (Å²) in [4.78, 5) is 11.9. The maximum atomic E-state index is 11.9. The number of aliphatic hydroxyl groups excluding tert-OH is 1. The Kier molecular flexibility index (Phi) is 9.89. The van der Waals surface area contributed by atoms with Crippen molar-refractivity contribution in [2.45, 2.75) is 33.8 Å². The fourth-order valence-electron chi connectivity index (χ4n) is 1.55. The Morgan fingerprint density at radius 2 is 1.20 bits per heavy atom. The van der Waals surface area contributed by atoms with Crippen molar-refractivity contribution in [1.82, 2.24) is 0 Å². The lowest BCUT2D eigenvalue weighted by molar-refractivity contribution is 0.0747. The lowest BCUT2D eigenvalue weighted by atomic mass is 10.0. The number of benzene rings is 2. The topological polar surface area (TPSA) is 37.3 Å². The predicted molar refractivity (Wildman–Crippen MR) is 84.9 cm³/mol. The van der Waals surface area contributed by atoms with E-state index in [0.29, 0.717) is 11.1 Å². The van der Waals surface area contributed by atoms with Crippen molar-refractivity contribution in [2.24, 2.45) is 0 Å². The van der Waals surface area contributed by atoms with E-state index in [1.807, 2.05) is 39.8 Å². The summed E-state index contributed by atoms with van der Waals surface area (Å²) in [5.74, 6) is -0.271. The minimum atomic E-state index is -1.08. The van der Waals surface area contributed by atoms with Gasteiger partial charge < -0.3 is 5.11 Å². The van der Waals surface area contributed by atoms with E-state index in [1.54, 1.807) is 48.5 Å². The summed E-state index contributed by atoms with van der Waals surface area (Å²) in [5.41, 5.74) is 1.15. The summed E-state index contributed by atoms with van der Waals surface area (Å²) in [5, 5.41) is 9.89. The van der Waals surface area contributed by atoms with Gasteiger partial charge in [0.2, 0.25) is 0 Å². The van der Waals surface area contributed by atoms with Crippen LogP contribution in [0.5, 0.6) is 0 Å². The Morgan fingerprint density at radius 1 is 0.800 bits per heavy atom. The summed E-state index contributed by atoms with van der Waals surface area (Å²) in [6, 6.07) is 17.7. The average Bonchev–Trinajstić information content (AvgIpc) is 2.59. The first-order chi connectivity index (χ1) is 9.79. The normalized spacial score (nSPS) is 10.2. The van der Waals surface area contributed by atoms with Gasteiger partial charge in [-0.3, -0.25) is 4.79 Å². The van der Waals surface area contributed by atoms with E-state index in [1.165, 1.54) is 0 Å². The van der Waals surface area contributed by atoms with Crippen molar-refractivity contribution in [3.05, 3.63) is 71.8 Å². The molecule has 2 heteroatoms. The molecule has 0 aliphatic carbocycles. The van der Waals surface area contributed by atoms with Crippen LogP contribution in [0.4, 0.5) is 0 Å². The zero-order valence-electron chi connectivity index (χ0n) is 12.7. The van der Waals surface area contributed by atoms with Crippen LogP contribution in [-0.4, -0.2) is 10.9 Å². The molecular formula is C18H24O2. The SMILES string of the molecule is CC.CC.O=C(c1ccccc1)C(O)c1ccccc1. The highest BCUT2D eigenvalue weighted by atomic mass is 16.3. The van der Waals surface area contributed by atoms with Crippen LogP contribution in [0.15, 0.2) is 60.7 Å². The molecule has 0 spiro atoms. The molecule has 20 heavy (non-hydrogen) atoms. The molecule has 0 saturated heterocycles. The molecule has 108 valence electrons. The third kappa shape index (κ3) is 5.37. The van der Waals surface area contributed by atoms with Gasteiger partial charge in [-0.1, -0.05) is 88.4 Å². The highest BCUT2D eigenvalue weighted by Crippen LogP contribution is 2.17. The highest BCUT2D eigenvalue weighted by molar-refractivity contribution is 5.99. The third-order valence-corrected chi connectivity index (χ3v) is 2.42. The van der Waals surface area contributed by atoms with E-state index in [9.17, 15) is 9.90 Å². The summed E-state index contributed by atoms with van der Waals surface area (Å²) in [7, 11) is 0. The monoisotopic (exact) mass is 272 g/mol. The Bertz CT molecular complexity index is 463. The third-order valence-electron chi connectivity index (χ3n) is 2.42. The molecule has 2 rings (SSSR count). The average molecular weight is 272 g/mol. The summed E-state index contributed by atoms with van der Waals surface area (Å²) >= 11 is 0. The van der Waals surface area contributed by atoms with E-state index >= 15 is 0 Å². The van der Waals surface area contributed by atoms with Gasteiger partial charge in [-0.2, -0.15) is 0 Å². The molecule has 0 radical (unpaired) electrons. The number of aliphatic hydroxyl groups is 1. The van der Waals surface area contributed by atoms with Crippen molar-refractivity contribution in [3.63, 3.8) is 0 Å². The number of ketones is 1. The molecule has 2 nitrogen and oxygen atoms in total. The van der Waals surface area contributed by atoms with Crippen molar-refractivity contribution >= 4 is 5.78 Å². The smallest absolute Gasteiger partial charge is 0.195 e. The molecule has 0 aliphatic heterocycles. The van der Waals surface area contributed by atoms with Crippen molar-refractivity contribution in [2.75, 3.05) is 0 Å². The number of hydrogen-bond donors (Lipinski definition) is 1. The Labute approximate surface area is 122 Å². The van der Waals surface area contributed by atoms with E-state index in [2.05, 4.69) is 0 Å². The second-order valence-corrected chi connectivity index (χ2v) is 3.54. The van der Waals surface area contributed by atoms with E-state index in [0.717, 1.165) is 0 Å². The van der Waals surface area contributed by atoms with Gasteiger partial charge in [0.1, 0.15) is 6.10 Å². The van der Waals surface area contributed by atoms with E-state index in [-0.39, 0.29) is 5.78 Å². The van der Waals surface area contributed by atoms with Crippen molar-refractivity contribution < 1.29 is 9.90 Å². The molecule has 0 heterocycles. The Balaban J connectivity index is 0.000000829. The molecule has 2 aromatic carbocycles. The second kappa shape index (κ2) is 10.9. The zero-order chi connectivity index (χ0) is 15.4. The molecule has 1 unspecified atom stereocenters. The van der Waals surface area contributed by atoms with Gasteiger partial charge in [-0.15, -0.1) is 0 Å². The highest BCUT2D eigenvalue weighted by Gasteiger charge is 2.18. The molecule has 0 aromatic heterocycles. The van der Waals surface area contributed by atoms with Crippen LogP contribution >= 0.6 is 0 Å². The minimum absolute atomic E-state index is 0.271. The lowest BCUT2D eigenvalue weighted by Gasteiger charge is -2.09. The van der Waals surface area contributed by atoms with E-state index in [4.69, 9.17) is 0 Å². The van der Waals surface area contributed by atoms with Gasteiger partial charge in [-0.25, -0.2) is 0 Å². The summed E-state index contributed by atoms with van der Waals surface area (Å²) < 4.78 is 0. The molecule has 0 bridgehead atoms. The molecule has 0 amide bonds. The fraction of sp³-hybridized carbons (Fsp3) is 0.278. The number of rotatable bonds is 3. The summed E-state index contributed by atoms with van der Waals surface area (Å²) in [6.07, 6.45) is -1.08. The van der Waals surface area contributed by atoms with Crippen LogP contribution in [0, 0.1) is 0 Å². The number of carbonyl (C=O) groups is 1. The zero-order valence-corrected chi connectivity index (χ0v) is 12.7. The molecule has 1 atom stereocenters. The van der Waals surface area contributed by atoms with Crippen LogP contribution in [0.2, 0.25) is 0 Å². The van der Waals surface area contributed by atoms with Crippen LogP contribution in [-0.2, 0) is 0 Å². The maximum Gasteiger partial charge on any atom is 0.195 e. The number of carbonyl (C=O) groups excluding carboxylic acids is 1.